The van der Waals surface area contributed by atoms with Crippen molar-refractivity contribution in [1.29, 1.82) is 0 Å². The maximum Gasteiger partial charge on any atom is 0.254 e. The molecule has 0 fully saturated rings. The molecular formula is C14H6F4N2O. The summed E-state index contributed by atoms with van der Waals surface area (Å²) in [7, 11) is 0. The Bertz CT molecular complexity index is 776. The molecule has 21 heavy (non-hydrogen) atoms. The van der Waals surface area contributed by atoms with E-state index >= 15 is 0 Å². The molecule has 0 aliphatic carbocycles. The molecule has 0 radical (unpaired) electrons. The highest BCUT2D eigenvalue weighted by Gasteiger charge is 2.25. The van der Waals surface area contributed by atoms with Crippen molar-refractivity contribution in [3.8, 4) is 22.9 Å². The SMILES string of the molecule is Fc1cc(F)c(F)c(-c2nnc(-c3ccccc3)o2)c1F. The summed E-state index contributed by atoms with van der Waals surface area (Å²) < 4.78 is 58.7. The lowest BCUT2D eigenvalue weighted by atomic mass is 10.2. The van der Waals surface area contributed by atoms with Gasteiger partial charge in [0.15, 0.2) is 23.3 Å². The molecule has 0 saturated carbocycles. The number of hydrogen-bond donors (Lipinski definition) is 0. The van der Waals surface area contributed by atoms with Crippen molar-refractivity contribution in [1.82, 2.24) is 10.2 Å². The van der Waals surface area contributed by atoms with Crippen LogP contribution in [0.1, 0.15) is 0 Å². The topological polar surface area (TPSA) is 38.9 Å². The van der Waals surface area contributed by atoms with Gasteiger partial charge in [-0.2, -0.15) is 0 Å². The van der Waals surface area contributed by atoms with Crippen LogP contribution < -0.4 is 0 Å². The fourth-order valence-corrected chi connectivity index (χ4v) is 1.78. The lowest BCUT2D eigenvalue weighted by molar-refractivity contribution is 0.451. The highest BCUT2D eigenvalue weighted by Crippen LogP contribution is 2.30. The molecule has 0 unspecified atom stereocenters. The second-order valence-corrected chi connectivity index (χ2v) is 4.12. The molecule has 0 N–H and O–H groups in total. The van der Waals surface area contributed by atoms with Gasteiger partial charge in [-0.25, -0.2) is 17.6 Å². The Balaban J connectivity index is 2.13. The van der Waals surface area contributed by atoms with Gasteiger partial charge in [-0.3, -0.25) is 0 Å². The zero-order valence-corrected chi connectivity index (χ0v) is 10.3. The minimum Gasteiger partial charge on any atom is -0.416 e. The van der Waals surface area contributed by atoms with E-state index in [0.29, 0.717) is 5.56 Å². The lowest BCUT2D eigenvalue weighted by Crippen LogP contribution is -1.98. The fraction of sp³-hybridized carbons (Fsp3) is 0. The molecule has 3 rings (SSSR count). The molecule has 0 atom stereocenters. The Hall–Kier alpha value is -2.70. The van der Waals surface area contributed by atoms with Gasteiger partial charge in [0.1, 0.15) is 5.56 Å². The number of rotatable bonds is 2. The van der Waals surface area contributed by atoms with Crippen LogP contribution in [-0.4, -0.2) is 10.2 Å². The first-order chi connectivity index (χ1) is 10.1. The molecular weight excluding hydrogens is 288 g/mol. The Morgan fingerprint density at radius 1 is 0.762 bits per heavy atom. The Labute approximate surface area is 115 Å². The van der Waals surface area contributed by atoms with E-state index in [1.165, 1.54) is 0 Å². The number of hydrogen-bond acceptors (Lipinski definition) is 3. The zero-order chi connectivity index (χ0) is 15.0. The molecule has 3 nitrogen and oxygen atoms in total. The highest BCUT2D eigenvalue weighted by atomic mass is 19.2. The van der Waals surface area contributed by atoms with Crippen LogP contribution in [0.4, 0.5) is 17.6 Å². The molecule has 106 valence electrons. The van der Waals surface area contributed by atoms with Crippen LogP contribution in [0.2, 0.25) is 0 Å². The van der Waals surface area contributed by atoms with Crippen LogP contribution in [-0.2, 0) is 0 Å². The number of aromatic nitrogens is 2. The summed E-state index contributed by atoms with van der Waals surface area (Å²) in [5.41, 5.74) is -0.517. The van der Waals surface area contributed by atoms with Gasteiger partial charge < -0.3 is 4.42 Å². The van der Waals surface area contributed by atoms with Gasteiger partial charge in [-0.1, -0.05) is 18.2 Å². The quantitative estimate of drug-likeness (QED) is 0.530. The molecule has 0 bridgehead atoms. The molecule has 0 saturated heterocycles. The number of benzene rings is 2. The predicted molar refractivity (Wildman–Crippen MR) is 65.0 cm³/mol. The third-order valence-corrected chi connectivity index (χ3v) is 2.77. The maximum absolute atomic E-state index is 13.6. The number of nitrogens with zero attached hydrogens (tertiary/aromatic N) is 2. The van der Waals surface area contributed by atoms with Crippen molar-refractivity contribution in [2.75, 3.05) is 0 Å². The van der Waals surface area contributed by atoms with Gasteiger partial charge in [0.05, 0.1) is 0 Å². The van der Waals surface area contributed by atoms with Crippen molar-refractivity contribution in [2.24, 2.45) is 0 Å². The van der Waals surface area contributed by atoms with Crippen LogP contribution >= 0.6 is 0 Å². The van der Waals surface area contributed by atoms with Gasteiger partial charge in [-0.05, 0) is 12.1 Å². The van der Waals surface area contributed by atoms with Crippen molar-refractivity contribution in [3.05, 3.63) is 59.7 Å². The molecule has 1 aromatic heterocycles. The molecule has 7 heteroatoms. The molecule has 0 amide bonds. The third-order valence-electron chi connectivity index (χ3n) is 2.77. The summed E-state index contributed by atoms with van der Waals surface area (Å²) >= 11 is 0. The molecule has 3 aromatic rings. The summed E-state index contributed by atoms with van der Waals surface area (Å²) in [6.07, 6.45) is 0. The summed E-state index contributed by atoms with van der Waals surface area (Å²) in [4.78, 5) is 0. The van der Waals surface area contributed by atoms with Crippen molar-refractivity contribution >= 4 is 0 Å². The Morgan fingerprint density at radius 3 is 1.95 bits per heavy atom. The average Bonchev–Trinajstić information content (AvgIpc) is 2.96. The van der Waals surface area contributed by atoms with Crippen LogP contribution in [0.15, 0.2) is 40.8 Å². The van der Waals surface area contributed by atoms with Crippen LogP contribution in [0.3, 0.4) is 0 Å². The summed E-state index contributed by atoms with van der Waals surface area (Å²) in [6.45, 7) is 0. The normalized spacial score (nSPS) is 10.9. The van der Waals surface area contributed by atoms with Crippen molar-refractivity contribution < 1.29 is 22.0 Å². The van der Waals surface area contributed by atoms with Crippen molar-refractivity contribution in [2.45, 2.75) is 0 Å². The summed E-state index contributed by atoms with van der Waals surface area (Å²) in [6, 6.07) is 8.53. The van der Waals surface area contributed by atoms with Gasteiger partial charge in [0, 0.05) is 11.6 Å². The first kappa shape index (κ1) is 13.3. The van der Waals surface area contributed by atoms with E-state index in [0.717, 1.165) is 0 Å². The van der Waals surface area contributed by atoms with E-state index in [2.05, 4.69) is 10.2 Å². The molecule has 1 heterocycles. The Morgan fingerprint density at radius 2 is 1.33 bits per heavy atom. The predicted octanol–water partition coefficient (Wildman–Crippen LogP) is 3.96. The molecule has 0 aliphatic rings. The Kier molecular flexibility index (Phi) is 3.17. The largest absolute Gasteiger partial charge is 0.416 e. The first-order valence-electron chi connectivity index (χ1n) is 5.80. The third kappa shape index (κ3) is 2.26. The smallest absolute Gasteiger partial charge is 0.254 e. The first-order valence-corrected chi connectivity index (χ1v) is 5.80. The van der Waals surface area contributed by atoms with Crippen molar-refractivity contribution in [3.63, 3.8) is 0 Å². The van der Waals surface area contributed by atoms with Gasteiger partial charge in [-0.15, -0.1) is 10.2 Å². The number of halogens is 4. The minimum atomic E-state index is -1.59. The maximum atomic E-state index is 13.6. The van der Waals surface area contributed by atoms with E-state index < -0.39 is 34.7 Å². The molecule has 0 aliphatic heterocycles. The van der Waals surface area contributed by atoms with Gasteiger partial charge in [0.2, 0.25) is 5.89 Å². The van der Waals surface area contributed by atoms with E-state index in [9.17, 15) is 17.6 Å². The van der Waals surface area contributed by atoms with Gasteiger partial charge in [0.25, 0.3) is 5.89 Å². The summed E-state index contributed by atoms with van der Waals surface area (Å²) in [5.74, 6) is -6.91. The second-order valence-electron chi connectivity index (χ2n) is 4.12. The van der Waals surface area contributed by atoms with E-state index in [4.69, 9.17) is 4.42 Å². The van der Waals surface area contributed by atoms with Crippen LogP contribution in [0, 0.1) is 23.3 Å². The zero-order valence-electron chi connectivity index (χ0n) is 10.3. The average molecular weight is 294 g/mol. The standard InChI is InChI=1S/C14H6F4N2O/c15-8-6-9(16)12(18)10(11(8)17)14-20-19-13(21-14)7-4-2-1-3-5-7/h1-6H. The van der Waals surface area contributed by atoms with E-state index in [1.54, 1.807) is 30.3 Å². The minimum absolute atomic E-state index is 0.0194. The van der Waals surface area contributed by atoms with Gasteiger partial charge >= 0.3 is 0 Å². The van der Waals surface area contributed by atoms with Crippen LogP contribution in [0.5, 0.6) is 0 Å². The molecule has 0 spiro atoms. The monoisotopic (exact) mass is 294 g/mol. The van der Waals surface area contributed by atoms with E-state index in [1.807, 2.05) is 0 Å². The summed E-state index contributed by atoms with van der Waals surface area (Å²) in [5, 5.41) is 7.05. The molecule has 2 aromatic carbocycles. The fourth-order valence-electron chi connectivity index (χ4n) is 1.78. The van der Waals surface area contributed by atoms with Crippen LogP contribution in [0.25, 0.3) is 22.9 Å². The van der Waals surface area contributed by atoms with E-state index in [-0.39, 0.29) is 12.0 Å². The lowest BCUT2D eigenvalue weighted by Gasteiger charge is -2.02. The highest BCUT2D eigenvalue weighted by molar-refractivity contribution is 5.59. The second kappa shape index (κ2) is 5.01.